The van der Waals surface area contributed by atoms with Gasteiger partial charge in [0.15, 0.2) is 10.7 Å². The van der Waals surface area contributed by atoms with Crippen molar-refractivity contribution in [2.75, 3.05) is 0 Å². The van der Waals surface area contributed by atoms with Crippen LogP contribution in [0.2, 0.25) is 0 Å². The van der Waals surface area contributed by atoms with Crippen LogP contribution in [-0.4, -0.2) is 10.5 Å². The molecule has 28 heavy (non-hydrogen) atoms. The summed E-state index contributed by atoms with van der Waals surface area (Å²) < 4.78 is 20.8. The summed E-state index contributed by atoms with van der Waals surface area (Å²) in [6.07, 6.45) is 0. The minimum absolute atomic E-state index is 0.0376. The van der Waals surface area contributed by atoms with Crippen LogP contribution in [0.5, 0.6) is 0 Å². The van der Waals surface area contributed by atoms with Gasteiger partial charge in [-0.3, -0.25) is 4.79 Å². The van der Waals surface area contributed by atoms with E-state index in [0.29, 0.717) is 21.4 Å². The Morgan fingerprint density at radius 3 is 2.54 bits per heavy atom. The van der Waals surface area contributed by atoms with Crippen LogP contribution in [-0.2, 0) is 11.4 Å². The highest BCUT2D eigenvalue weighted by Gasteiger charge is 2.23. The van der Waals surface area contributed by atoms with Gasteiger partial charge in [0, 0.05) is 10.9 Å². The van der Waals surface area contributed by atoms with Crippen molar-refractivity contribution < 1.29 is 13.8 Å². The third kappa shape index (κ3) is 3.49. The quantitative estimate of drug-likeness (QED) is 0.526. The third-order valence-electron chi connectivity index (χ3n) is 4.23. The van der Waals surface area contributed by atoms with E-state index in [4.69, 9.17) is 9.68 Å². The summed E-state index contributed by atoms with van der Waals surface area (Å²) in [5.74, 6) is -0.550. The number of carbonyl (C=O) groups is 1. The molecule has 0 aliphatic heterocycles. The highest BCUT2D eigenvalue weighted by atomic mass is 32.2. The van der Waals surface area contributed by atoms with E-state index in [1.807, 2.05) is 48.5 Å². The summed E-state index contributed by atoms with van der Waals surface area (Å²) in [4.78, 5) is 13.0. The molecule has 5 nitrogen and oxygen atoms in total. The zero-order valence-electron chi connectivity index (χ0n) is 14.6. The molecule has 4 aromatic rings. The predicted octanol–water partition coefficient (Wildman–Crippen LogP) is 4.42. The molecule has 1 atom stereocenters. The molecule has 0 bridgehead atoms. The summed E-state index contributed by atoms with van der Waals surface area (Å²) in [5.41, 5.74) is 2.56. The SMILES string of the molecule is N#Cc1ccc2cc(C(=O)N[S+]([O-])c3ccccc3-c3ccccc3)oc2c1. The van der Waals surface area contributed by atoms with E-state index in [1.165, 1.54) is 0 Å². The second-order valence-electron chi connectivity index (χ2n) is 6.04. The smallest absolute Gasteiger partial charge is 0.328 e. The standard InChI is InChI=1S/C22H14N2O3S/c23-14-15-10-11-17-13-20(27-19(17)12-15)22(25)24-28(26)21-9-5-4-8-18(21)16-6-2-1-3-7-16/h1-13H,(H,24,25). The van der Waals surface area contributed by atoms with Crippen molar-refractivity contribution in [3.05, 3.63) is 90.2 Å². The minimum Gasteiger partial charge on any atom is -0.588 e. The maximum Gasteiger partial charge on any atom is 0.328 e. The van der Waals surface area contributed by atoms with Crippen LogP contribution in [0.1, 0.15) is 16.1 Å². The number of nitriles is 1. The molecular formula is C22H14N2O3S. The summed E-state index contributed by atoms with van der Waals surface area (Å²) in [6.45, 7) is 0. The zero-order chi connectivity index (χ0) is 19.5. The van der Waals surface area contributed by atoms with Gasteiger partial charge in [0.1, 0.15) is 16.9 Å². The maximum absolute atomic E-state index is 12.8. The normalized spacial score (nSPS) is 11.7. The van der Waals surface area contributed by atoms with E-state index in [0.717, 1.165) is 11.1 Å². The van der Waals surface area contributed by atoms with E-state index in [9.17, 15) is 9.35 Å². The molecular weight excluding hydrogens is 372 g/mol. The van der Waals surface area contributed by atoms with Crippen molar-refractivity contribution in [2.45, 2.75) is 4.90 Å². The molecule has 0 saturated heterocycles. The summed E-state index contributed by atoms with van der Waals surface area (Å²) in [5, 5.41) is 9.66. The first-order valence-corrected chi connectivity index (χ1v) is 9.61. The van der Waals surface area contributed by atoms with Crippen molar-refractivity contribution in [1.29, 1.82) is 5.26 Å². The highest BCUT2D eigenvalue weighted by Crippen LogP contribution is 2.27. The average molecular weight is 386 g/mol. The molecule has 0 radical (unpaired) electrons. The summed E-state index contributed by atoms with van der Waals surface area (Å²) >= 11 is -1.77. The molecule has 6 heteroatoms. The van der Waals surface area contributed by atoms with E-state index >= 15 is 0 Å². The maximum atomic E-state index is 12.8. The molecule has 0 saturated carbocycles. The number of fused-ring (bicyclic) bond motifs is 1. The number of rotatable bonds is 4. The van der Waals surface area contributed by atoms with Gasteiger partial charge in [0.2, 0.25) is 0 Å². The Kier molecular flexibility index (Phi) is 4.85. The second-order valence-corrected chi connectivity index (χ2v) is 7.22. The van der Waals surface area contributed by atoms with Crippen molar-refractivity contribution in [3.8, 4) is 17.2 Å². The Morgan fingerprint density at radius 2 is 1.75 bits per heavy atom. The van der Waals surface area contributed by atoms with Crippen LogP contribution in [0, 0.1) is 11.3 Å². The van der Waals surface area contributed by atoms with Crippen molar-refractivity contribution in [2.24, 2.45) is 0 Å². The topological polar surface area (TPSA) is 89.1 Å². The molecule has 0 aliphatic carbocycles. The number of nitrogens with zero attached hydrogens (tertiary/aromatic N) is 1. The molecule has 1 amide bonds. The number of carbonyl (C=O) groups excluding carboxylic acids is 1. The largest absolute Gasteiger partial charge is 0.588 e. The molecule has 1 aromatic heterocycles. The van der Waals surface area contributed by atoms with Crippen molar-refractivity contribution in [1.82, 2.24) is 4.72 Å². The number of hydrogen-bond donors (Lipinski definition) is 1. The lowest BCUT2D eigenvalue weighted by Crippen LogP contribution is -2.30. The monoisotopic (exact) mass is 386 g/mol. The average Bonchev–Trinajstić information content (AvgIpc) is 3.17. The fourth-order valence-electron chi connectivity index (χ4n) is 2.89. The Labute approximate surface area is 164 Å². The van der Waals surface area contributed by atoms with Crippen LogP contribution >= 0.6 is 0 Å². The molecule has 1 N–H and O–H groups in total. The lowest BCUT2D eigenvalue weighted by Gasteiger charge is -2.13. The van der Waals surface area contributed by atoms with Gasteiger partial charge in [-0.05, 0) is 42.0 Å². The number of amides is 1. The van der Waals surface area contributed by atoms with Gasteiger partial charge in [0.25, 0.3) is 0 Å². The van der Waals surface area contributed by atoms with Crippen LogP contribution < -0.4 is 4.72 Å². The number of nitrogens with one attached hydrogen (secondary N) is 1. The van der Waals surface area contributed by atoms with Gasteiger partial charge in [-0.2, -0.15) is 9.98 Å². The van der Waals surface area contributed by atoms with E-state index in [1.54, 1.807) is 36.4 Å². The lowest BCUT2D eigenvalue weighted by atomic mass is 10.1. The molecule has 1 heterocycles. The molecule has 0 aliphatic rings. The van der Waals surface area contributed by atoms with Crippen molar-refractivity contribution in [3.63, 3.8) is 0 Å². The van der Waals surface area contributed by atoms with Gasteiger partial charge in [-0.25, -0.2) is 0 Å². The van der Waals surface area contributed by atoms with Gasteiger partial charge in [-0.1, -0.05) is 42.5 Å². The summed E-state index contributed by atoms with van der Waals surface area (Å²) in [6, 6.07) is 25.3. The molecule has 136 valence electrons. The fourth-order valence-corrected chi connectivity index (χ4v) is 3.85. The number of hydrogen-bond acceptors (Lipinski definition) is 4. The van der Waals surface area contributed by atoms with Crippen LogP contribution in [0.25, 0.3) is 22.1 Å². The molecule has 0 fully saturated rings. The minimum atomic E-state index is -1.77. The molecule has 1 unspecified atom stereocenters. The van der Waals surface area contributed by atoms with Gasteiger partial charge in [-0.15, -0.1) is 0 Å². The number of furan rings is 1. The predicted molar refractivity (Wildman–Crippen MR) is 107 cm³/mol. The first-order valence-electron chi connectivity index (χ1n) is 8.46. The Bertz CT molecular complexity index is 1200. The Morgan fingerprint density at radius 1 is 1.00 bits per heavy atom. The lowest BCUT2D eigenvalue weighted by molar-refractivity contribution is 0.0956. The highest BCUT2D eigenvalue weighted by molar-refractivity contribution is 7.90. The van der Waals surface area contributed by atoms with Gasteiger partial charge >= 0.3 is 5.91 Å². The molecule has 4 rings (SSSR count). The fraction of sp³-hybridized carbons (Fsp3) is 0. The van der Waals surface area contributed by atoms with E-state index in [2.05, 4.69) is 4.72 Å². The zero-order valence-corrected chi connectivity index (χ0v) is 15.4. The van der Waals surface area contributed by atoms with Crippen LogP contribution in [0.3, 0.4) is 0 Å². The second kappa shape index (κ2) is 7.61. The van der Waals surface area contributed by atoms with Gasteiger partial charge < -0.3 is 8.97 Å². The molecule has 3 aromatic carbocycles. The first kappa shape index (κ1) is 17.9. The van der Waals surface area contributed by atoms with E-state index < -0.39 is 17.3 Å². The Balaban J connectivity index is 1.60. The van der Waals surface area contributed by atoms with Crippen LogP contribution in [0.4, 0.5) is 0 Å². The van der Waals surface area contributed by atoms with Crippen LogP contribution in [0.15, 0.2) is 88.2 Å². The van der Waals surface area contributed by atoms with E-state index in [-0.39, 0.29) is 5.76 Å². The first-order chi connectivity index (χ1) is 13.7. The molecule has 0 spiro atoms. The third-order valence-corrected chi connectivity index (χ3v) is 5.36. The summed E-state index contributed by atoms with van der Waals surface area (Å²) in [7, 11) is 0. The van der Waals surface area contributed by atoms with Crippen molar-refractivity contribution >= 4 is 28.2 Å². The number of benzene rings is 3. The van der Waals surface area contributed by atoms with Gasteiger partial charge in [0.05, 0.1) is 11.6 Å². The Hall–Kier alpha value is -3.53.